The molecule has 1 saturated heterocycles. The molecule has 5 heteroatoms. The van der Waals surface area contributed by atoms with Crippen LogP contribution in [0.15, 0.2) is 18.2 Å². The molecule has 1 aromatic carbocycles. The fourth-order valence-corrected chi connectivity index (χ4v) is 2.56. The second-order valence-corrected chi connectivity index (χ2v) is 4.88. The highest BCUT2D eigenvalue weighted by molar-refractivity contribution is 5.41. The molecule has 5 nitrogen and oxygen atoms in total. The maximum Gasteiger partial charge on any atom is 0.269 e. The van der Waals surface area contributed by atoms with Crippen LogP contribution in [0, 0.1) is 10.1 Å². The number of aliphatic hydroxyl groups excluding tert-OH is 1. The van der Waals surface area contributed by atoms with Gasteiger partial charge in [-0.3, -0.25) is 10.1 Å². The van der Waals surface area contributed by atoms with Crippen molar-refractivity contribution in [3.05, 3.63) is 39.4 Å². The van der Waals surface area contributed by atoms with Crippen molar-refractivity contribution in [3.8, 4) is 0 Å². The Morgan fingerprint density at radius 3 is 2.67 bits per heavy atom. The first-order valence-electron chi connectivity index (χ1n) is 6.18. The van der Waals surface area contributed by atoms with Gasteiger partial charge in [0.25, 0.3) is 5.69 Å². The zero-order valence-electron chi connectivity index (χ0n) is 10.5. The minimum atomic E-state index is -0.419. The standard InChI is InChI=1S/C13H18N2O3/c1-14-6-4-10(5-7-14)13-3-2-12(15(17)18)8-11(13)9-16/h2-3,8,10,16H,4-7,9H2,1H3. The second kappa shape index (κ2) is 5.46. The van der Waals surface area contributed by atoms with Gasteiger partial charge in [0.1, 0.15) is 0 Å². The summed E-state index contributed by atoms with van der Waals surface area (Å²) in [4.78, 5) is 12.6. The fraction of sp³-hybridized carbons (Fsp3) is 0.538. The summed E-state index contributed by atoms with van der Waals surface area (Å²) in [5, 5.41) is 20.1. The van der Waals surface area contributed by atoms with Crippen LogP contribution in [0.2, 0.25) is 0 Å². The average molecular weight is 250 g/mol. The largest absolute Gasteiger partial charge is 0.392 e. The third kappa shape index (κ3) is 2.68. The zero-order chi connectivity index (χ0) is 13.1. The van der Waals surface area contributed by atoms with Gasteiger partial charge in [0, 0.05) is 12.1 Å². The van der Waals surface area contributed by atoms with E-state index in [-0.39, 0.29) is 12.3 Å². The Kier molecular flexibility index (Phi) is 3.93. The number of benzene rings is 1. The van der Waals surface area contributed by atoms with E-state index in [9.17, 15) is 15.2 Å². The van der Waals surface area contributed by atoms with Crippen LogP contribution in [0.1, 0.15) is 29.9 Å². The lowest BCUT2D eigenvalue weighted by molar-refractivity contribution is -0.385. The molecule has 0 bridgehead atoms. The molecule has 0 radical (unpaired) electrons. The molecule has 2 rings (SSSR count). The van der Waals surface area contributed by atoms with Gasteiger partial charge in [0.2, 0.25) is 0 Å². The van der Waals surface area contributed by atoms with Gasteiger partial charge >= 0.3 is 0 Å². The SMILES string of the molecule is CN1CCC(c2ccc([N+](=O)[O-])cc2CO)CC1. The predicted octanol–water partition coefficient (Wildman–Crippen LogP) is 1.90. The molecular formula is C13H18N2O3. The maximum atomic E-state index is 10.7. The lowest BCUT2D eigenvalue weighted by Crippen LogP contribution is -2.29. The van der Waals surface area contributed by atoms with Crippen LogP contribution >= 0.6 is 0 Å². The first-order chi connectivity index (χ1) is 8.61. The monoisotopic (exact) mass is 250 g/mol. The molecule has 0 amide bonds. The summed E-state index contributed by atoms with van der Waals surface area (Å²) in [6.45, 7) is 1.93. The van der Waals surface area contributed by atoms with Crippen LogP contribution < -0.4 is 0 Å². The highest BCUT2D eigenvalue weighted by atomic mass is 16.6. The molecule has 0 aliphatic carbocycles. The highest BCUT2D eigenvalue weighted by Gasteiger charge is 2.21. The summed E-state index contributed by atoms with van der Waals surface area (Å²) in [7, 11) is 2.10. The average Bonchev–Trinajstić information content (AvgIpc) is 2.39. The van der Waals surface area contributed by atoms with E-state index >= 15 is 0 Å². The maximum absolute atomic E-state index is 10.7. The lowest BCUT2D eigenvalue weighted by atomic mass is 9.86. The molecule has 1 aromatic rings. The molecule has 0 spiro atoms. The van der Waals surface area contributed by atoms with E-state index in [2.05, 4.69) is 11.9 Å². The number of non-ortho nitro benzene ring substituents is 1. The molecule has 1 fully saturated rings. The van der Waals surface area contributed by atoms with E-state index in [0.717, 1.165) is 31.5 Å². The number of piperidine rings is 1. The molecule has 0 atom stereocenters. The quantitative estimate of drug-likeness (QED) is 0.657. The first-order valence-corrected chi connectivity index (χ1v) is 6.18. The Labute approximate surface area is 106 Å². The number of hydrogen-bond acceptors (Lipinski definition) is 4. The van der Waals surface area contributed by atoms with Crippen LogP contribution in [0.3, 0.4) is 0 Å². The Bertz CT molecular complexity index is 440. The number of aliphatic hydroxyl groups is 1. The van der Waals surface area contributed by atoms with Gasteiger partial charge < -0.3 is 10.0 Å². The molecule has 0 unspecified atom stereocenters. The normalized spacial score (nSPS) is 17.9. The van der Waals surface area contributed by atoms with Gasteiger partial charge in [0.15, 0.2) is 0 Å². The Morgan fingerprint density at radius 2 is 2.11 bits per heavy atom. The smallest absolute Gasteiger partial charge is 0.269 e. The minimum absolute atomic E-state index is 0.0516. The summed E-state index contributed by atoms with van der Waals surface area (Å²) < 4.78 is 0. The molecule has 98 valence electrons. The van der Waals surface area contributed by atoms with Crippen molar-refractivity contribution < 1.29 is 10.0 Å². The molecule has 0 saturated carbocycles. The topological polar surface area (TPSA) is 66.6 Å². The Morgan fingerprint density at radius 1 is 1.44 bits per heavy atom. The number of likely N-dealkylation sites (tertiary alicyclic amines) is 1. The van der Waals surface area contributed by atoms with Crippen LogP contribution in [-0.4, -0.2) is 35.1 Å². The van der Waals surface area contributed by atoms with Crippen LogP contribution in [0.25, 0.3) is 0 Å². The molecule has 1 heterocycles. The summed E-state index contributed by atoms with van der Waals surface area (Å²) in [5.74, 6) is 0.407. The molecule has 1 aliphatic heterocycles. The van der Waals surface area contributed by atoms with Crippen molar-refractivity contribution in [3.63, 3.8) is 0 Å². The second-order valence-electron chi connectivity index (χ2n) is 4.88. The van der Waals surface area contributed by atoms with Crippen molar-refractivity contribution >= 4 is 5.69 Å². The predicted molar refractivity (Wildman–Crippen MR) is 68.5 cm³/mol. The first kappa shape index (κ1) is 13.0. The van der Waals surface area contributed by atoms with Crippen LogP contribution in [-0.2, 0) is 6.61 Å². The molecule has 1 aliphatic rings. The minimum Gasteiger partial charge on any atom is -0.392 e. The number of rotatable bonds is 3. The van der Waals surface area contributed by atoms with Gasteiger partial charge in [0.05, 0.1) is 11.5 Å². The number of hydrogen-bond donors (Lipinski definition) is 1. The van der Waals surface area contributed by atoms with E-state index in [4.69, 9.17) is 0 Å². The highest BCUT2D eigenvalue weighted by Crippen LogP contribution is 2.31. The molecule has 0 aromatic heterocycles. The van der Waals surface area contributed by atoms with Gasteiger partial charge in [-0.05, 0) is 50.0 Å². The fourth-order valence-electron chi connectivity index (χ4n) is 2.56. The third-order valence-corrected chi connectivity index (χ3v) is 3.67. The van der Waals surface area contributed by atoms with Gasteiger partial charge in [-0.15, -0.1) is 0 Å². The molecule has 1 N–H and O–H groups in total. The lowest BCUT2D eigenvalue weighted by Gasteiger charge is -2.30. The van der Waals surface area contributed by atoms with Gasteiger partial charge in [-0.1, -0.05) is 6.07 Å². The number of nitrogens with zero attached hydrogens (tertiary/aromatic N) is 2. The van der Waals surface area contributed by atoms with E-state index < -0.39 is 4.92 Å². The Hall–Kier alpha value is -1.46. The summed E-state index contributed by atoms with van der Waals surface area (Å²) in [6.07, 6.45) is 2.09. The summed E-state index contributed by atoms with van der Waals surface area (Å²) >= 11 is 0. The number of nitro benzene ring substituents is 1. The third-order valence-electron chi connectivity index (χ3n) is 3.67. The summed E-state index contributed by atoms with van der Waals surface area (Å²) in [6, 6.07) is 4.83. The Balaban J connectivity index is 2.24. The summed E-state index contributed by atoms with van der Waals surface area (Å²) in [5.41, 5.74) is 1.81. The zero-order valence-corrected chi connectivity index (χ0v) is 10.5. The van der Waals surface area contributed by atoms with Crippen molar-refractivity contribution in [2.24, 2.45) is 0 Å². The number of nitro groups is 1. The van der Waals surface area contributed by atoms with E-state index in [1.165, 1.54) is 12.1 Å². The van der Waals surface area contributed by atoms with Crippen LogP contribution in [0.4, 0.5) is 5.69 Å². The van der Waals surface area contributed by atoms with Gasteiger partial charge in [-0.2, -0.15) is 0 Å². The van der Waals surface area contributed by atoms with Crippen molar-refractivity contribution in [2.75, 3.05) is 20.1 Å². The van der Waals surface area contributed by atoms with Crippen molar-refractivity contribution in [1.82, 2.24) is 4.90 Å². The molecule has 18 heavy (non-hydrogen) atoms. The van der Waals surface area contributed by atoms with Crippen LogP contribution in [0.5, 0.6) is 0 Å². The van der Waals surface area contributed by atoms with Crippen molar-refractivity contribution in [1.29, 1.82) is 0 Å². The van der Waals surface area contributed by atoms with Gasteiger partial charge in [-0.25, -0.2) is 0 Å². The molecular weight excluding hydrogens is 232 g/mol. The van der Waals surface area contributed by atoms with E-state index in [1.54, 1.807) is 6.07 Å². The van der Waals surface area contributed by atoms with E-state index in [0.29, 0.717) is 11.5 Å². The van der Waals surface area contributed by atoms with E-state index in [1.807, 2.05) is 0 Å². The van der Waals surface area contributed by atoms with Crippen molar-refractivity contribution in [2.45, 2.75) is 25.4 Å².